The molecule has 1 aliphatic rings. The molecule has 0 aliphatic carbocycles. The minimum Gasteiger partial charge on any atom is -0.479 e. The van der Waals surface area contributed by atoms with Gasteiger partial charge in [0.05, 0.1) is 6.61 Å². The first-order chi connectivity index (χ1) is 7.21. The quantitative estimate of drug-likeness (QED) is 0.654. The second-order valence-electron chi connectivity index (χ2n) is 3.69. The number of hydrogen-bond donors (Lipinski definition) is 2. The van der Waals surface area contributed by atoms with Gasteiger partial charge in [-0.2, -0.15) is 0 Å². The van der Waals surface area contributed by atoms with E-state index in [1.807, 2.05) is 0 Å². The molecule has 5 heteroatoms. The van der Waals surface area contributed by atoms with Crippen LogP contribution in [-0.4, -0.2) is 48.2 Å². The summed E-state index contributed by atoms with van der Waals surface area (Å²) in [7, 11) is 0. The summed E-state index contributed by atoms with van der Waals surface area (Å²) in [5.41, 5.74) is -1.11. The van der Waals surface area contributed by atoms with Crippen molar-refractivity contribution < 1.29 is 24.5 Å². The lowest BCUT2D eigenvalue weighted by atomic mass is 9.95. The van der Waals surface area contributed by atoms with Crippen LogP contribution in [0.4, 0.5) is 0 Å². The first kappa shape index (κ1) is 12.4. The van der Waals surface area contributed by atoms with Crippen molar-refractivity contribution in [3.8, 4) is 0 Å². The topological polar surface area (TPSA) is 76.0 Å². The molecule has 1 atom stereocenters. The predicted molar refractivity (Wildman–Crippen MR) is 52.7 cm³/mol. The maximum Gasteiger partial charge on any atom is 0.336 e. The van der Waals surface area contributed by atoms with Gasteiger partial charge in [-0.25, -0.2) is 4.79 Å². The first-order valence-corrected chi connectivity index (χ1v) is 5.27. The van der Waals surface area contributed by atoms with Gasteiger partial charge in [0.2, 0.25) is 0 Å². The fraction of sp³-hybridized carbons (Fsp3) is 0.900. The molecule has 1 saturated heterocycles. The highest BCUT2D eigenvalue weighted by Gasteiger charge is 2.39. The standard InChI is InChI=1S/C10H18O5/c11-5-2-7-15-10(9(12)13)3-1-6-14-8-4-10/h11H,1-8H2,(H,12,13). The number of aliphatic hydroxyl groups excluding tert-OH is 1. The molecule has 0 aromatic heterocycles. The van der Waals surface area contributed by atoms with Crippen LogP contribution in [0.15, 0.2) is 0 Å². The van der Waals surface area contributed by atoms with E-state index in [1.165, 1.54) is 0 Å². The van der Waals surface area contributed by atoms with Crippen LogP contribution in [0.25, 0.3) is 0 Å². The average Bonchev–Trinajstić information content (AvgIpc) is 2.45. The highest BCUT2D eigenvalue weighted by Crippen LogP contribution is 2.26. The molecule has 0 spiro atoms. The van der Waals surface area contributed by atoms with Crippen molar-refractivity contribution in [2.45, 2.75) is 31.3 Å². The summed E-state index contributed by atoms with van der Waals surface area (Å²) in [5, 5.41) is 17.8. The molecule has 1 heterocycles. The molecule has 88 valence electrons. The van der Waals surface area contributed by atoms with Crippen LogP contribution in [0.1, 0.15) is 25.7 Å². The van der Waals surface area contributed by atoms with Gasteiger partial charge in [-0.15, -0.1) is 0 Å². The lowest BCUT2D eigenvalue weighted by Gasteiger charge is -2.27. The molecule has 1 aliphatic heterocycles. The van der Waals surface area contributed by atoms with Gasteiger partial charge in [-0.1, -0.05) is 0 Å². The van der Waals surface area contributed by atoms with E-state index in [4.69, 9.17) is 14.6 Å². The molecular formula is C10H18O5. The second kappa shape index (κ2) is 6.05. The van der Waals surface area contributed by atoms with E-state index < -0.39 is 11.6 Å². The summed E-state index contributed by atoms with van der Waals surface area (Å²) in [6.07, 6.45) is 2.03. The van der Waals surface area contributed by atoms with Gasteiger partial charge in [0.15, 0.2) is 5.60 Å². The molecule has 15 heavy (non-hydrogen) atoms. The Morgan fingerprint density at radius 3 is 2.87 bits per heavy atom. The number of hydrogen-bond acceptors (Lipinski definition) is 4. The minimum absolute atomic E-state index is 0.0200. The third-order valence-electron chi connectivity index (χ3n) is 2.59. The van der Waals surface area contributed by atoms with Crippen LogP contribution in [0.3, 0.4) is 0 Å². The van der Waals surface area contributed by atoms with E-state index >= 15 is 0 Å². The van der Waals surface area contributed by atoms with E-state index in [0.29, 0.717) is 38.9 Å². The number of rotatable bonds is 5. The highest BCUT2D eigenvalue weighted by atomic mass is 16.5. The SMILES string of the molecule is O=C(O)C1(OCCCO)CCCOCC1. The zero-order chi connectivity index (χ0) is 11.1. The fourth-order valence-electron chi connectivity index (χ4n) is 1.68. The van der Waals surface area contributed by atoms with Crippen LogP contribution >= 0.6 is 0 Å². The molecular weight excluding hydrogens is 200 g/mol. The molecule has 0 bridgehead atoms. The molecule has 1 unspecified atom stereocenters. The van der Waals surface area contributed by atoms with Crippen molar-refractivity contribution in [2.75, 3.05) is 26.4 Å². The van der Waals surface area contributed by atoms with Crippen LogP contribution in [-0.2, 0) is 14.3 Å². The average molecular weight is 218 g/mol. The van der Waals surface area contributed by atoms with E-state index in [-0.39, 0.29) is 13.2 Å². The van der Waals surface area contributed by atoms with E-state index in [0.717, 1.165) is 0 Å². The third-order valence-corrected chi connectivity index (χ3v) is 2.59. The summed E-state index contributed by atoms with van der Waals surface area (Å²) in [6, 6.07) is 0. The van der Waals surface area contributed by atoms with Crippen molar-refractivity contribution in [1.29, 1.82) is 0 Å². The molecule has 1 rings (SSSR count). The summed E-state index contributed by atoms with van der Waals surface area (Å²) >= 11 is 0. The largest absolute Gasteiger partial charge is 0.479 e. The number of aliphatic hydroxyl groups is 1. The summed E-state index contributed by atoms with van der Waals surface area (Å²) < 4.78 is 10.6. The monoisotopic (exact) mass is 218 g/mol. The Morgan fingerprint density at radius 1 is 1.40 bits per heavy atom. The summed E-state index contributed by atoms with van der Waals surface area (Å²) in [4.78, 5) is 11.2. The Bertz CT molecular complexity index is 196. The Morgan fingerprint density at radius 2 is 2.20 bits per heavy atom. The summed E-state index contributed by atoms with van der Waals surface area (Å²) in [5.74, 6) is -0.925. The van der Waals surface area contributed by atoms with Crippen molar-refractivity contribution in [1.82, 2.24) is 0 Å². The van der Waals surface area contributed by atoms with Crippen LogP contribution in [0.2, 0.25) is 0 Å². The van der Waals surface area contributed by atoms with E-state index in [1.54, 1.807) is 0 Å². The Kier molecular flexibility index (Phi) is 5.01. The van der Waals surface area contributed by atoms with E-state index in [2.05, 4.69) is 0 Å². The molecule has 1 fully saturated rings. The fourth-order valence-corrected chi connectivity index (χ4v) is 1.68. The molecule has 5 nitrogen and oxygen atoms in total. The Labute approximate surface area is 89.0 Å². The van der Waals surface area contributed by atoms with Gasteiger partial charge in [0.25, 0.3) is 0 Å². The Hall–Kier alpha value is -0.650. The van der Waals surface area contributed by atoms with Crippen LogP contribution in [0, 0.1) is 0 Å². The van der Waals surface area contributed by atoms with Crippen LogP contribution < -0.4 is 0 Å². The number of aliphatic carboxylic acids is 1. The molecule has 0 aromatic rings. The van der Waals surface area contributed by atoms with Gasteiger partial charge >= 0.3 is 5.97 Å². The minimum atomic E-state index is -1.11. The maximum atomic E-state index is 11.2. The number of carbonyl (C=O) groups is 1. The second-order valence-corrected chi connectivity index (χ2v) is 3.69. The highest BCUT2D eigenvalue weighted by molar-refractivity contribution is 5.77. The van der Waals surface area contributed by atoms with Crippen LogP contribution in [0.5, 0.6) is 0 Å². The van der Waals surface area contributed by atoms with Crippen molar-refractivity contribution >= 4 is 5.97 Å². The number of carboxylic acids is 1. The summed E-state index contributed by atoms with van der Waals surface area (Å²) in [6.45, 7) is 1.32. The van der Waals surface area contributed by atoms with E-state index in [9.17, 15) is 9.90 Å². The van der Waals surface area contributed by atoms with Gasteiger partial charge < -0.3 is 19.7 Å². The maximum absolute atomic E-state index is 11.2. The molecule has 0 amide bonds. The van der Waals surface area contributed by atoms with Gasteiger partial charge in [-0.3, -0.25) is 0 Å². The number of ether oxygens (including phenoxy) is 2. The zero-order valence-corrected chi connectivity index (χ0v) is 8.78. The van der Waals surface area contributed by atoms with Crippen molar-refractivity contribution in [2.24, 2.45) is 0 Å². The van der Waals surface area contributed by atoms with Gasteiger partial charge in [0.1, 0.15) is 0 Å². The molecule has 2 N–H and O–H groups in total. The lowest BCUT2D eigenvalue weighted by Crippen LogP contribution is -2.42. The lowest BCUT2D eigenvalue weighted by molar-refractivity contribution is -0.168. The Balaban J connectivity index is 2.55. The number of carboxylic acid groups (broad SMARTS) is 1. The smallest absolute Gasteiger partial charge is 0.336 e. The molecule has 0 aromatic carbocycles. The van der Waals surface area contributed by atoms with Crippen molar-refractivity contribution in [3.63, 3.8) is 0 Å². The zero-order valence-electron chi connectivity index (χ0n) is 8.78. The van der Waals surface area contributed by atoms with Gasteiger partial charge in [-0.05, 0) is 19.3 Å². The van der Waals surface area contributed by atoms with Crippen molar-refractivity contribution in [3.05, 3.63) is 0 Å². The molecule has 0 radical (unpaired) electrons. The predicted octanol–water partition coefficient (Wildman–Crippen LogP) is 0.409. The normalized spacial score (nSPS) is 27.3. The first-order valence-electron chi connectivity index (χ1n) is 5.27. The van der Waals surface area contributed by atoms with Gasteiger partial charge in [0, 0.05) is 26.2 Å². The third kappa shape index (κ3) is 3.44. The molecule has 0 saturated carbocycles.